The van der Waals surface area contributed by atoms with E-state index in [1.165, 1.54) is 5.57 Å². The second-order valence-electron chi connectivity index (χ2n) is 9.87. The number of ether oxygens (including phenoxy) is 5. The molecule has 3 aliphatic rings. The molecular formula is C23H39NO6. The molecule has 0 bridgehead atoms. The second kappa shape index (κ2) is 8.77. The van der Waals surface area contributed by atoms with Crippen LogP contribution in [-0.2, 0) is 23.7 Å². The average Bonchev–Trinajstić information content (AvgIpc) is 3.57. The van der Waals surface area contributed by atoms with Gasteiger partial charge in [0.25, 0.3) is 0 Å². The van der Waals surface area contributed by atoms with Crippen molar-refractivity contribution in [3.63, 3.8) is 0 Å². The number of hydrogen-bond donors (Lipinski definition) is 1. The van der Waals surface area contributed by atoms with E-state index in [1.807, 2.05) is 20.8 Å². The van der Waals surface area contributed by atoms with E-state index in [2.05, 4.69) is 32.2 Å². The highest BCUT2D eigenvalue weighted by Gasteiger charge is 2.72. The topological polar surface area (TPSA) is 81.9 Å². The van der Waals surface area contributed by atoms with E-state index in [9.17, 15) is 4.79 Å². The quantitative estimate of drug-likeness (QED) is 0.449. The van der Waals surface area contributed by atoms with Crippen molar-refractivity contribution in [3.8, 4) is 0 Å². The van der Waals surface area contributed by atoms with Crippen molar-refractivity contribution in [2.45, 2.75) is 95.9 Å². The van der Waals surface area contributed by atoms with Gasteiger partial charge in [-0.2, -0.15) is 0 Å². The third-order valence-electron chi connectivity index (χ3n) is 6.69. The van der Waals surface area contributed by atoms with Crippen LogP contribution >= 0.6 is 0 Å². The maximum Gasteiger partial charge on any atom is 0.407 e. The fraction of sp³-hybridized carbons (Fsp3) is 0.870. The lowest BCUT2D eigenvalue weighted by molar-refractivity contribution is -0.118. The van der Waals surface area contributed by atoms with E-state index in [1.54, 1.807) is 7.11 Å². The van der Waals surface area contributed by atoms with E-state index in [-0.39, 0.29) is 35.4 Å². The van der Waals surface area contributed by atoms with Crippen LogP contribution in [0.5, 0.6) is 0 Å². The predicted molar refractivity (Wildman–Crippen MR) is 114 cm³/mol. The Hall–Kier alpha value is -1.15. The van der Waals surface area contributed by atoms with Crippen LogP contribution in [0.3, 0.4) is 0 Å². The minimum absolute atomic E-state index is 0.0250. The van der Waals surface area contributed by atoms with Gasteiger partial charge in [-0.15, -0.1) is 0 Å². The number of alkyl carbamates (subject to hydrolysis) is 1. The molecule has 1 aliphatic carbocycles. The lowest BCUT2D eigenvalue weighted by atomic mass is 9.68. The molecule has 1 unspecified atom stereocenters. The lowest BCUT2D eigenvalue weighted by Gasteiger charge is -2.42. The number of methoxy groups -OCH3 is 1. The highest BCUT2D eigenvalue weighted by Crippen LogP contribution is 2.59. The molecule has 0 aromatic heterocycles. The van der Waals surface area contributed by atoms with Gasteiger partial charge in [0.2, 0.25) is 0 Å². The summed E-state index contributed by atoms with van der Waals surface area (Å²) >= 11 is 0. The zero-order valence-electron chi connectivity index (χ0n) is 19.6. The molecule has 30 heavy (non-hydrogen) atoms. The fourth-order valence-electron chi connectivity index (χ4n) is 4.98. The summed E-state index contributed by atoms with van der Waals surface area (Å²) in [4.78, 5) is 12.5. The van der Waals surface area contributed by atoms with Gasteiger partial charge in [0.15, 0.2) is 0 Å². The number of nitrogens with one attached hydrogen (secondary N) is 1. The van der Waals surface area contributed by atoms with Crippen LogP contribution in [0.4, 0.5) is 4.79 Å². The third-order valence-corrected chi connectivity index (χ3v) is 6.69. The van der Waals surface area contributed by atoms with Gasteiger partial charge in [-0.25, -0.2) is 4.79 Å². The van der Waals surface area contributed by atoms with E-state index in [4.69, 9.17) is 23.7 Å². The van der Waals surface area contributed by atoms with Crippen molar-refractivity contribution in [2.24, 2.45) is 5.92 Å². The van der Waals surface area contributed by atoms with Gasteiger partial charge < -0.3 is 29.0 Å². The molecule has 2 heterocycles. The molecule has 3 rings (SSSR count). The zero-order valence-corrected chi connectivity index (χ0v) is 19.6. The summed E-state index contributed by atoms with van der Waals surface area (Å²) in [5, 5.41) is 2.83. The Morgan fingerprint density at radius 1 is 1.33 bits per heavy atom. The first kappa shape index (κ1) is 23.5. The standard InChI is InChI=1S/C23H39NO6/c1-8-27-21(4,5)13-24-20(25)29-16-11-12-23(14-28-23)19(18(16)26-7)22(6)17(30-22)10-9-15(2)3/h9,16-19H,8,10-14H2,1-7H3,(H,24,25)/t16-,17-,18-,19-,22+,23?/m1/s1. The van der Waals surface area contributed by atoms with Gasteiger partial charge in [-0.05, 0) is 60.8 Å². The number of epoxide rings is 2. The largest absolute Gasteiger partial charge is 0.443 e. The number of carbonyl (C=O) groups excluding carboxylic acids is 1. The number of allylic oxidation sites excluding steroid dienone is 1. The second-order valence-corrected chi connectivity index (χ2v) is 9.87. The van der Waals surface area contributed by atoms with Gasteiger partial charge in [0, 0.05) is 20.3 Å². The normalized spacial score (nSPS) is 37.6. The zero-order chi connectivity index (χ0) is 22.2. The van der Waals surface area contributed by atoms with Gasteiger partial charge in [-0.3, -0.25) is 0 Å². The van der Waals surface area contributed by atoms with Crippen LogP contribution in [0.15, 0.2) is 11.6 Å². The fourth-order valence-corrected chi connectivity index (χ4v) is 4.98. The molecule has 0 aromatic rings. The summed E-state index contributed by atoms with van der Waals surface area (Å²) in [6.07, 6.45) is 3.73. The van der Waals surface area contributed by atoms with Gasteiger partial charge in [0.05, 0.1) is 24.2 Å². The molecule has 0 radical (unpaired) electrons. The minimum Gasteiger partial charge on any atom is -0.443 e. The molecule has 7 nitrogen and oxygen atoms in total. The van der Waals surface area contributed by atoms with Crippen LogP contribution < -0.4 is 5.32 Å². The Labute approximate surface area is 180 Å². The van der Waals surface area contributed by atoms with Crippen LogP contribution in [0.1, 0.15) is 60.8 Å². The van der Waals surface area contributed by atoms with Crippen molar-refractivity contribution < 1.29 is 28.5 Å². The summed E-state index contributed by atoms with van der Waals surface area (Å²) < 4.78 is 29.5. The molecule has 0 aromatic carbocycles. The summed E-state index contributed by atoms with van der Waals surface area (Å²) in [5.41, 5.74) is 0.286. The van der Waals surface area contributed by atoms with Crippen molar-refractivity contribution >= 4 is 6.09 Å². The van der Waals surface area contributed by atoms with Crippen molar-refractivity contribution in [3.05, 3.63) is 11.6 Å². The number of amides is 1. The summed E-state index contributed by atoms with van der Waals surface area (Å²) in [7, 11) is 1.68. The number of carbonyl (C=O) groups is 1. The third kappa shape index (κ3) is 5.01. The number of rotatable bonds is 9. The highest BCUT2D eigenvalue weighted by atomic mass is 16.6. The molecular weight excluding hydrogens is 386 g/mol. The minimum atomic E-state index is -0.442. The summed E-state index contributed by atoms with van der Waals surface area (Å²) in [6, 6.07) is 0. The van der Waals surface area contributed by atoms with E-state index < -0.39 is 11.7 Å². The van der Waals surface area contributed by atoms with E-state index in [0.717, 1.165) is 12.8 Å². The molecule has 2 aliphatic heterocycles. The van der Waals surface area contributed by atoms with Crippen LogP contribution in [0, 0.1) is 5.92 Å². The summed E-state index contributed by atoms with van der Waals surface area (Å²) in [5.74, 6) is 0.0250. The molecule has 1 N–H and O–H groups in total. The number of hydrogen-bond acceptors (Lipinski definition) is 6. The van der Waals surface area contributed by atoms with Gasteiger partial charge in [0.1, 0.15) is 23.4 Å². The Morgan fingerprint density at radius 3 is 2.60 bits per heavy atom. The van der Waals surface area contributed by atoms with E-state index in [0.29, 0.717) is 26.2 Å². The molecule has 6 atom stereocenters. The maximum atomic E-state index is 12.5. The maximum absolute atomic E-state index is 12.5. The molecule has 1 spiro atoms. The molecule has 7 heteroatoms. The molecule has 1 saturated carbocycles. The Kier molecular flexibility index (Phi) is 6.87. The lowest BCUT2D eigenvalue weighted by Crippen LogP contribution is -2.56. The van der Waals surface area contributed by atoms with Crippen LogP contribution in [-0.4, -0.2) is 68.1 Å². The molecule has 172 valence electrons. The van der Waals surface area contributed by atoms with Crippen LogP contribution in [0.25, 0.3) is 0 Å². The first-order valence-electron chi connectivity index (χ1n) is 11.1. The molecule has 3 fully saturated rings. The first-order valence-corrected chi connectivity index (χ1v) is 11.1. The first-order chi connectivity index (χ1) is 14.1. The summed E-state index contributed by atoms with van der Waals surface area (Å²) in [6.45, 7) is 13.8. The van der Waals surface area contributed by atoms with Gasteiger partial charge >= 0.3 is 6.09 Å². The Morgan fingerprint density at radius 2 is 2.03 bits per heavy atom. The smallest absolute Gasteiger partial charge is 0.407 e. The SMILES string of the molecule is CCOC(C)(C)CNC(=O)O[C@@H]1CCC2(CO2)[C@@H]([C@@]2(C)O[C@@H]2CC=C(C)C)[C@@H]1OC. The Bertz CT molecular complexity index is 654. The average molecular weight is 426 g/mol. The molecule has 2 saturated heterocycles. The van der Waals surface area contributed by atoms with Crippen molar-refractivity contribution in [1.29, 1.82) is 0 Å². The molecule has 1 amide bonds. The van der Waals surface area contributed by atoms with Crippen molar-refractivity contribution in [1.82, 2.24) is 5.32 Å². The highest BCUT2D eigenvalue weighted by molar-refractivity contribution is 5.67. The Balaban J connectivity index is 1.65. The monoisotopic (exact) mass is 425 g/mol. The van der Waals surface area contributed by atoms with Crippen LogP contribution in [0.2, 0.25) is 0 Å². The van der Waals surface area contributed by atoms with E-state index >= 15 is 0 Å². The van der Waals surface area contributed by atoms with Gasteiger partial charge in [-0.1, -0.05) is 11.6 Å². The van der Waals surface area contributed by atoms with Crippen molar-refractivity contribution in [2.75, 3.05) is 26.9 Å². The predicted octanol–water partition coefficient (Wildman–Crippen LogP) is 3.60.